The lowest BCUT2D eigenvalue weighted by Gasteiger charge is -2.11. The molecule has 0 spiro atoms. The zero-order valence-corrected chi connectivity index (χ0v) is 12.2. The van der Waals surface area contributed by atoms with Gasteiger partial charge in [0.2, 0.25) is 0 Å². The monoisotopic (exact) mass is 316 g/mol. The molecule has 1 aromatic carbocycles. The molecule has 0 aliphatic carbocycles. The molecule has 0 radical (unpaired) electrons. The number of rotatable bonds is 3. The van der Waals surface area contributed by atoms with E-state index < -0.39 is 10.0 Å². The summed E-state index contributed by atoms with van der Waals surface area (Å²) in [6.45, 7) is 1.65. The second-order valence-electron chi connectivity index (χ2n) is 3.84. The molecule has 2 rings (SSSR count). The molecule has 0 aliphatic rings. The van der Waals surface area contributed by atoms with Gasteiger partial charge in [-0.2, -0.15) is 0 Å². The molecule has 0 saturated heterocycles. The van der Waals surface area contributed by atoms with Crippen LogP contribution in [0, 0.1) is 6.92 Å². The molecular weight excluding hydrogens is 307 g/mol. The van der Waals surface area contributed by atoms with Crippen LogP contribution in [0.4, 0.5) is 5.69 Å². The van der Waals surface area contributed by atoms with Crippen molar-refractivity contribution >= 4 is 38.9 Å². The van der Waals surface area contributed by atoms with E-state index in [2.05, 4.69) is 9.71 Å². The maximum Gasteiger partial charge on any atom is 0.262 e. The van der Waals surface area contributed by atoms with Crippen molar-refractivity contribution in [3.05, 3.63) is 52.3 Å². The van der Waals surface area contributed by atoms with Crippen molar-refractivity contribution in [1.29, 1.82) is 0 Å². The Bertz CT molecular complexity index is 717. The minimum atomic E-state index is -3.70. The van der Waals surface area contributed by atoms with Crippen molar-refractivity contribution in [3.8, 4) is 0 Å². The number of hydrogen-bond acceptors (Lipinski definition) is 3. The van der Waals surface area contributed by atoms with E-state index in [1.165, 1.54) is 24.4 Å². The lowest BCUT2D eigenvalue weighted by Crippen LogP contribution is -2.14. The Balaban J connectivity index is 2.41. The van der Waals surface area contributed by atoms with E-state index in [-0.39, 0.29) is 10.0 Å². The number of nitrogens with zero attached hydrogens (tertiary/aromatic N) is 1. The van der Waals surface area contributed by atoms with Crippen LogP contribution in [0.5, 0.6) is 0 Å². The van der Waals surface area contributed by atoms with Gasteiger partial charge >= 0.3 is 0 Å². The predicted molar refractivity (Wildman–Crippen MR) is 76.2 cm³/mol. The minimum Gasteiger partial charge on any atom is -0.279 e. The number of benzene rings is 1. The van der Waals surface area contributed by atoms with Gasteiger partial charge in [-0.05, 0) is 36.8 Å². The average Bonchev–Trinajstić information content (AvgIpc) is 2.32. The Morgan fingerprint density at radius 1 is 1.21 bits per heavy atom. The van der Waals surface area contributed by atoms with Crippen LogP contribution in [-0.2, 0) is 10.0 Å². The van der Waals surface area contributed by atoms with Crippen LogP contribution in [0.15, 0.2) is 41.4 Å². The Morgan fingerprint density at radius 2 is 1.95 bits per heavy atom. The first-order valence-corrected chi connectivity index (χ1v) is 7.53. The smallest absolute Gasteiger partial charge is 0.262 e. The van der Waals surface area contributed by atoms with Crippen molar-refractivity contribution in [2.75, 3.05) is 4.72 Å². The van der Waals surface area contributed by atoms with Crippen molar-refractivity contribution in [3.63, 3.8) is 0 Å². The molecule has 2 aromatic rings. The molecule has 0 unspecified atom stereocenters. The highest BCUT2D eigenvalue weighted by Gasteiger charge is 2.18. The first-order valence-electron chi connectivity index (χ1n) is 5.29. The second kappa shape index (κ2) is 5.36. The third-order valence-corrected chi connectivity index (χ3v) is 4.63. The fraction of sp³-hybridized carbons (Fsp3) is 0.0833. The molecule has 19 heavy (non-hydrogen) atoms. The Kier molecular flexibility index (Phi) is 3.99. The van der Waals surface area contributed by atoms with Crippen molar-refractivity contribution in [1.82, 2.24) is 4.98 Å². The number of anilines is 1. The largest absolute Gasteiger partial charge is 0.279 e. The summed E-state index contributed by atoms with van der Waals surface area (Å²) < 4.78 is 26.9. The second-order valence-corrected chi connectivity index (χ2v) is 6.28. The number of hydrogen-bond donors (Lipinski definition) is 1. The Morgan fingerprint density at radius 3 is 2.63 bits per heavy atom. The zero-order chi connectivity index (χ0) is 14.0. The average molecular weight is 317 g/mol. The SMILES string of the molecule is Cc1c(Cl)cccc1S(=O)(=O)Nc1ccnc(Cl)c1. The van der Waals surface area contributed by atoms with Crippen molar-refractivity contribution in [2.24, 2.45) is 0 Å². The predicted octanol–water partition coefficient (Wildman–Crippen LogP) is 3.50. The van der Waals surface area contributed by atoms with E-state index in [4.69, 9.17) is 23.2 Å². The lowest BCUT2D eigenvalue weighted by molar-refractivity contribution is 0.600. The van der Waals surface area contributed by atoms with Gasteiger partial charge in [0.05, 0.1) is 10.6 Å². The highest BCUT2D eigenvalue weighted by atomic mass is 35.5. The molecule has 0 aliphatic heterocycles. The van der Waals surface area contributed by atoms with Gasteiger partial charge in [-0.3, -0.25) is 4.72 Å². The number of sulfonamides is 1. The van der Waals surface area contributed by atoms with E-state index in [1.54, 1.807) is 19.1 Å². The van der Waals surface area contributed by atoms with Crippen molar-refractivity contribution < 1.29 is 8.42 Å². The van der Waals surface area contributed by atoms with Gasteiger partial charge in [0.25, 0.3) is 10.0 Å². The highest BCUT2D eigenvalue weighted by Crippen LogP contribution is 2.25. The van der Waals surface area contributed by atoms with Gasteiger partial charge in [0.1, 0.15) is 5.15 Å². The summed E-state index contributed by atoms with van der Waals surface area (Å²) >= 11 is 11.6. The lowest BCUT2D eigenvalue weighted by atomic mass is 10.2. The summed E-state index contributed by atoms with van der Waals surface area (Å²) in [4.78, 5) is 3.92. The summed E-state index contributed by atoms with van der Waals surface area (Å²) in [5.74, 6) is 0. The molecule has 1 aromatic heterocycles. The maximum absolute atomic E-state index is 12.3. The van der Waals surface area contributed by atoms with E-state index >= 15 is 0 Å². The summed E-state index contributed by atoms with van der Waals surface area (Å²) in [5, 5.41) is 0.610. The van der Waals surface area contributed by atoms with Crippen LogP contribution < -0.4 is 4.72 Å². The molecule has 0 bridgehead atoms. The Hall–Kier alpha value is -1.30. The normalized spacial score (nSPS) is 11.3. The van der Waals surface area contributed by atoms with E-state index in [1.807, 2.05) is 0 Å². The van der Waals surface area contributed by atoms with Crippen LogP contribution in [0.25, 0.3) is 0 Å². The van der Waals surface area contributed by atoms with Crippen LogP contribution >= 0.6 is 23.2 Å². The summed E-state index contributed by atoms with van der Waals surface area (Å²) in [6, 6.07) is 7.66. The number of halogens is 2. The molecule has 0 fully saturated rings. The highest BCUT2D eigenvalue weighted by molar-refractivity contribution is 7.92. The Labute approximate surface area is 121 Å². The molecule has 4 nitrogen and oxygen atoms in total. The summed E-state index contributed by atoms with van der Waals surface area (Å²) in [7, 11) is -3.70. The first-order chi connectivity index (χ1) is 8.90. The molecule has 0 saturated carbocycles. The summed E-state index contributed by atoms with van der Waals surface area (Å²) in [6.07, 6.45) is 1.42. The van der Waals surface area contributed by atoms with E-state index in [0.717, 1.165) is 0 Å². The van der Waals surface area contributed by atoms with Crippen LogP contribution in [-0.4, -0.2) is 13.4 Å². The maximum atomic E-state index is 12.3. The van der Waals surface area contributed by atoms with E-state index in [9.17, 15) is 8.42 Å². The quantitative estimate of drug-likeness (QED) is 0.882. The van der Waals surface area contributed by atoms with Gasteiger partial charge in [-0.15, -0.1) is 0 Å². The van der Waals surface area contributed by atoms with Crippen LogP contribution in [0.2, 0.25) is 10.2 Å². The van der Waals surface area contributed by atoms with Gasteiger partial charge in [0.15, 0.2) is 0 Å². The molecule has 0 amide bonds. The molecule has 100 valence electrons. The fourth-order valence-corrected chi connectivity index (χ4v) is 3.28. The zero-order valence-electron chi connectivity index (χ0n) is 9.89. The minimum absolute atomic E-state index is 0.132. The molecule has 1 N–H and O–H groups in total. The van der Waals surface area contributed by atoms with Crippen LogP contribution in [0.1, 0.15) is 5.56 Å². The van der Waals surface area contributed by atoms with Gasteiger partial charge in [0, 0.05) is 11.2 Å². The van der Waals surface area contributed by atoms with Crippen molar-refractivity contribution in [2.45, 2.75) is 11.8 Å². The number of pyridine rings is 1. The van der Waals surface area contributed by atoms with Crippen LogP contribution in [0.3, 0.4) is 0 Å². The van der Waals surface area contributed by atoms with Gasteiger partial charge in [-0.1, -0.05) is 29.3 Å². The molecular formula is C12H10Cl2N2O2S. The molecule has 1 heterocycles. The van der Waals surface area contributed by atoms with E-state index in [0.29, 0.717) is 16.3 Å². The number of aromatic nitrogens is 1. The molecule has 7 heteroatoms. The first kappa shape index (κ1) is 14.1. The summed E-state index contributed by atoms with van der Waals surface area (Å²) in [5.41, 5.74) is 0.844. The number of nitrogens with one attached hydrogen (secondary N) is 1. The topological polar surface area (TPSA) is 59.1 Å². The fourth-order valence-electron chi connectivity index (χ4n) is 1.55. The standard InChI is InChI=1S/C12H10Cl2N2O2S/c1-8-10(13)3-2-4-11(8)19(17,18)16-9-5-6-15-12(14)7-9/h2-7H,1H3,(H,15,16). The van der Waals surface area contributed by atoms with Gasteiger partial charge < -0.3 is 0 Å². The van der Waals surface area contributed by atoms with Gasteiger partial charge in [-0.25, -0.2) is 13.4 Å². The third kappa shape index (κ3) is 3.18. The molecule has 0 atom stereocenters. The third-order valence-electron chi connectivity index (χ3n) is 2.49.